The predicted molar refractivity (Wildman–Crippen MR) is 139 cm³/mol. The third-order valence-corrected chi connectivity index (χ3v) is 7.05. The van der Waals surface area contributed by atoms with E-state index < -0.39 is 43.1 Å². The highest BCUT2D eigenvalue weighted by Gasteiger charge is 2.29. The Morgan fingerprint density at radius 3 is 1.58 bits per heavy atom. The highest BCUT2D eigenvalue weighted by atomic mass is 127. The van der Waals surface area contributed by atoms with Crippen LogP contribution in [0.5, 0.6) is 0 Å². The fourth-order valence-corrected chi connectivity index (χ4v) is 6.54. The summed E-state index contributed by atoms with van der Waals surface area (Å²) in [7, 11) is 0. The highest BCUT2D eigenvalue weighted by Crippen LogP contribution is 2.36. The van der Waals surface area contributed by atoms with Gasteiger partial charge in [0.15, 0.2) is 0 Å². The molecule has 0 heterocycles. The van der Waals surface area contributed by atoms with Crippen LogP contribution in [0.4, 0.5) is 5.69 Å². The Balaban J connectivity index is 3.53. The molecule has 0 aromatic heterocycles. The second-order valence-electron chi connectivity index (χ2n) is 6.39. The molecule has 0 aliphatic rings. The number of benzene rings is 1. The quantitative estimate of drug-likeness (QED) is 0.132. The molecule has 0 aliphatic heterocycles. The molecule has 0 saturated heterocycles. The van der Waals surface area contributed by atoms with Crippen molar-refractivity contribution in [2.45, 2.75) is 19.1 Å². The van der Waals surface area contributed by atoms with Crippen molar-refractivity contribution in [2.24, 2.45) is 0 Å². The van der Waals surface area contributed by atoms with Gasteiger partial charge in [0.2, 0.25) is 0 Å². The Hall–Kier alpha value is -0.600. The first kappa shape index (κ1) is 28.4. The van der Waals surface area contributed by atoms with Gasteiger partial charge in [0.1, 0.15) is 0 Å². The first-order valence-electron chi connectivity index (χ1n) is 8.77. The number of aliphatic hydroxyl groups is 4. The maximum absolute atomic E-state index is 12.8. The van der Waals surface area contributed by atoms with E-state index in [1.165, 1.54) is 6.92 Å². The van der Waals surface area contributed by atoms with Gasteiger partial charge >= 0.3 is 0 Å². The summed E-state index contributed by atoms with van der Waals surface area (Å²) in [6.45, 7) is 3.58. The largest absolute Gasteiger partial charge is 0.394 e. The molecule has 10 nitrogen and oxygen atoms in total. The van der Waals surface area contributed by atoms with E-state index in [0.29, 0.717) is 7.14 Å². The summed E-state index contributed by atoms with van der Waals surface area (Å²) < 4.78 is 1.01. The molecule has 0 spiro atoms. The van der Waals surface area contributed by atoms with Crippen LogP contribution in [0.2, 0.25) is 0 Å². The second-order valence-corrected chi connectivity index (χ2v) is 9.63. The smallest absolute Gasteiger partial charge is 0.253 e. The zero-order valence-electron chi connectivity index (χ0n) is 16.3. The molecule has 0 aliphatic carbocycles. The molecule has 1 rings (SSSR count). The van der Waals surface area contributed by atoms with E-state index in [1.807, 2.05) is 67.8 Å². The minimum Gasteiger partial charge on any atom is -0.394 e. The maximum Gasteiger partial charge on any atom is 0.253 e. The third-order valence-electron chi connectivity index (χ3n) is 3.82. The summed E-state index contributed by atoms with van der Waals surface area (Å²) in [5.41, 5.74) is 0.642. The van der Waals surface area contributed by atoms with E-state index in [0.717, 1.165) is 0 Å². The Kier molecular flexibility index (Phi) is 12.1. The van der Waals surface area contributed by atoms with Crippen molar-refractivity contribution >= 4 is 91.2 Å². The molecule has 3 amide bonds. The molecule has 0 radical (unpaired) electrons. The van der Waals surface area contributed by atoms with Gasteiger partial charge in [0, 0.05) is 22.2 Å². The van der Waals surface area contributed by atoms with Gasteiger partial charge < -0.3 is 36.4 Å². The topological polar surface area (TPSA) is 168 Å². The lowest BCUT2D eigenvalue weighted by Crippen LogP contribution is -2.37. The molecule has 0 saturated carbocycles. The number of nitrogens with one attached hydrogen (secondary N) is 3. The molecule has 0 fully saturated rings. The van der Waals surface area contributed by atoms with Gasteiger partial charge in [0.25, 0.3) is 17.7 Å². The van der Waals surface area contributed by atoms with Crippen molar-refractivity contribution in [1.82, 2.24) is 10.6 Å². The van der Waals surface area contributed by atoms with E-state index >= 15 is 0 Å². The van der Waals surface area contributed by atoms with Crippen molar-refractivity contribution in [1.29, 1.82) is 0 Å². The molecule has 0 bridgehead atoms. The van der Waals surface area contributed by atoms with E-state index in [9.17, 15) is 24.6 Å². The van der Waals surface area contributed by atoms with Gasteiger partial charge in [0.05, 0.1) is 49.4 Å². The molecule has 1 aromatic carbocycles. The van der Waals surface area contributed by atoms with E-state index in [2.05, 4.69) is 22.5 Å². The van der Waals surface area contributed by atoms with Crippen molar-refractivity contribution in [3.8, 4) is 0 Å². The lowest BCUT2D eigenvalue weighted by molar-refractivity contribution is -0.112. The first-order chi connectivity index (χ1) is 14.5. The monoisotopic (exact) mass is 773 g/mol. The van der Waals surface area contributed by atoms with Crippen LogP contribution in [0.1, 0.15) is 27.6 Å². The zero-order chi connectivity index (χ0) is 23.9. The fourth-order valence-electron chi connectivity index (χ4n) is 2.12. The third kappa shape index (κ3) is 7.74. The van der Waals surface area contributed by atoms with Crippen molar-refractivity contribution in [3.63, 3.8) is 0 Å². The van der Waals surface area contributed by atoms with Crippen LogP contribution in [0.25, 0.3) is 0 Å². The normalized spacial score (nSPS) is 12.6. The van der Waals surface area contributed by atoms with Gasteiger partial charge in [-0.15, -0.1) is 0 Å². The molecular formula is C18H22I3N3O7. The van der Waals surface area contributed by atoms with Crippen LogP contribution in [-0.4, -0.2) is 76.7 Å². The molecule has 1 aromatic rings. The van der Waals surface area contributed by atoms with Gasteiger partial charge in [-0.2, -0.15) is 0 Å². The van der Waals surface area contributed by atoms with E-state index in [4.69, 9.17) is 10.2 Å². The Labute approximate surface area is 219 Å². The Morgan fingerprint density at radius 2 is 1.26 bits per heavy atom. The summed E-state index contributed by atoms with van der Waals surface area (Å²) in [6, 6.07) is 0. The molecule has 2 unspecified atom stereocenters. The SMILES string of the molecule is C=C(C)C(=O)Nc1c(I)c(C(=O)NCC(O)CO)c(I)c(C(=O)NCC(O)CO)c1I. The Bertz CT molecular complexity index is 826. The van der Waals surface area contributed by atoms with Crippen molar-refractivity contribution in [2.75, 3.05) is 31.6 Å². The molecule has 31 heavy (non-hydrogen) atoms. The van der Waals surface area contributed by atoms with Gasteiger partial charge in [-0.1, -0.05) is 6.58 Å². The Morgan fingerprint density at radius 1 is 0.871 bits per heavy atom. The lowest BCUT2D eigenvalue weighted by Gasteiger charge is -2.20. The van der Waals surface area contributed by atoms with E-state index in [-0.39, 0.29) is 39.0 Å². The van der Waals surface area contributed by atoms with Crippen LogP contribution < -0.4 is 16.0 Å². The van der Waals surface area contributed by atoms with Gasteiger partial charge in [-0.3, -0.25) is 14.4 Å². The minimum atomic E-state index is -1.16. The summed E-state index contributed by atoms with van der Waals surface area (Å²) in [6.07, 6.45) is -2.32. The number of halogens is 3. The zero-order valence-corrected chi connectivity index (χ0v) is 22.8. The highest BCUT2D eigenvalue weighted by molar-refractivity contribution is 14.1. The average molecular weight is 773 g/mol. The summed E-state index contributed by atoms with van der Waals surface area (Å²) in [5.74, 6) is -1.73. The van der Waals surface area contributed by atoms with Crippen molar-refractivity contribution in [3.05, 3.63) is 34.0 Å². The molecule has 2 atom stereocenters. The number of anilines is 1. The van der Waals surface area contributed by atoms with Crippen LogP contribution in [-0.2, 0) is 4.79 Å². The molecule has 13 heteroatoms. The van der Waals surface area contributed by atoms with Crippen LogP contribution in [0.3, 0.4) is 0 Å². The van der Waals surface area contributed by atoms with Gasteiger partial charge in [-0.05, 0) is 74.7 Å². The second kappa shape index (κ2) is 13.2. The molecule has 7 N–H and O–H groups in total. The number of rotatable bonds is 10. The fraction of sp³-hybridized carbons (Fsp3) is 0.389. The molecule has 172 valence electrons. The number of amides is 3. The summed E-state index contributed by atoms with van der Waals surface area (Å²) >= 11 is 5.59. The average Bonchev–Trinajstić information content (AvgIpc) is 2.72. The van der Waals surface area contributed by atoms with E-state index in [1.54, 1.807) is 0 Å². The number of carbonyl (C=O) groups excluding carboxylic acids is 3. The molecular weight excluding hydrogens is 751 g/mol. The predicted octanol–water partition coefficient (Wildman–Crippen LogP) is 0.181. The maximum atomic E-state index is 12.8. The summed E-state index contributed by atoms with van der Waals surface area (Å²) in [4.78, 5) is 37.9. The minimum absolute atomic E-state index is 0.0941. The van der Waals surface area contributed by atoms with Crippen LogP contribution in [0.15, 0.2) is 12.2 Å². The lowest BCUT2D eigenvalue weighted by atomic mass is 10.1. The van der Waals surface area contributed by atoms with Crippen molar-refractivity contribution < 1.29 is 34.8 Å². The number of carbonyl (C=O) groups is 3. The standard InChI is InChI=1S/C18H22I3N3O7/c1-7(2)16(29)24-15-13(20)10(17(30)22-3-8(27)5-25)12(19)11(14(15)21)18(31)23-4-9(28)6-26/h8-9,25-28H,1,3-6H2,2H3,(H,22,30)(H,23,31)(H,24,29). The van der Waals surface area contributed by atoms with Crippen LogP contribution in [0, 0.1) is 10.7 Å². The number of aliphatic hydroxyl groups excluding tert-OH is 4. The van der Waals surface area contributed by atoms with Crippen LogP contribution >= 0.6 is 67.8 Å². The first-order valence-corrected chi connectivity index (χ1v) is 12.0. The number of hydrogen-bond donors (Lipinski definition) is 7. The van der Waals surface area contributed by atoms with Gasteiger partial charge in [-0.25, -0.2) is 0 Å². The summed E-state index contributed by atoms with van der Waals surface area (Å²) in [5, 5.41) is 44.5. The number of hydrogen-bond acceptors (Lipinski definition) is 7.